The van der Waals surface area contributed by atoms with Crippen molar-refractivity contribution in [3.8, 4) is 5.75 Å². The Bertz CT molecular complexity index is 858. The van der Waals surface area contributed by atoms with Gasteiger partial charge in [-0.2, -0.15) is 0 Å². The van der Waals surface area contributed by atoms with E-state index < -0.39 is 0 Å². The Balaban J connectivity index is 1.54. The van der Waals surface area contributed by atoms with Gasteiger partial charge < -0.3 is 9.64 Å². The molecule has 4 aliphatic rings. The topological polar surface area (TPSA) is 71.7 Å². The van der Waals surface area contributed by atoms with E-state index >= 15 is 0 Å². The maximum Gasteiger partial charge on any atom is 0.278 e. The molecule has 3 unspecified atom stereocenters. The van der Waals surface area contributed by atoms with Crippen molar-refractivity contribution in [2.75, 3.05) is 26.7 Å². The number of piperidine rings is 3. The molecular formula is C20H24N4O3. The third-order valence-corrected chi connectivity index (χ3v) is 6.63. The molecule has 0 saturated carbocycles. The van der Waals surface area contributed by atoms with Crippen LogP contribution in [0.2, 0.25) is 0 Å². The number of carbonyl (C=O) groups is 1. The highest BCUT2D eigenvalue weighted by atomic mass is 16.6. The lowest BCUT2D eigenvalue weighted by Crippen LogP contribution is -2.60. The molecule has 6 rings (SSSR count). The van der Waals surface area contributed by atoms with Gasteiger partial charge in [0.05, 0.1) is 13.2 Å². The minimum Gasteiger partial charge on any atom is -0.497 e. The summed E-state index contributed by atoms with van der Waals surface area (Å²) in [6.07, 6.45) is 2.32. The molecule has 1 amide bonds. The van der Waals surface area contributed by atoms with Gasteiger partial charge in [-0.05, 0) is 61.6 Å². The van der Waals surface area contributed by atoms with Crippen molar-refractivity contribution < 1.29 is 14.2 Å². The fourth-order valence-electron chi connectivity index (χ4n) is 5.38. The fourth-order valence-corrected chi connectivity index (χ4v) is 5.38. The van der Waals surface area contributed by atoms with Crippen molar-refractivity contribution in [3.05, 3.63) is 41.2 Å². The maximum absolute atomic E-state index is 13.3. The minimum absolute atomic E-state index is 0.0529. The molecule has 4 aliphatic heterocycles. The first kappa shape index (κ1) is 16.7. The van der Waals surface area contributed by atoms with E-state index in [2.05, 4.69) is 27.3 Å². The van der Waals surface area contributed by atoms with Gasteiger partial charge in [-0.15, -0.1) is 0 Å². The Hall–Kier alpha value is -2.41. The quantitative estimate of drug-likeness (QED) is 0.826. The number of amides is 1. The van der Waals surface area contributed by atoms with Gasteiger partial charge in [0.1, 0.15) is 11.4 Å². The third kappa shape index (κ3) is 2.56. The van der Waals surface area contributed by atoms with Crippen LogP contribution in [0.3, 0.4) is 0 Å². The van der Waals surface area contributed by atoms with Crippen LogP contribution in [0.15, 0.2) is 28.9 Å². The van der Waals surface area contributed by atoms with Gasteiger partial charge in [0.15, 0.2) is 5.69 Å². The number of methoxy groups -OCH3 is 1. The van der Waals surface area contributed by atoms with Crippen molar-refractivity contribution in [3.63, 3.8) is 0 Å². The van der Waals surface area contributed by atoms with Crippen molar-refractivity contribution >= 4 is 5.91 Å². The molecule has 27 heavy (non-hydrogen) atoms. The van der Waals surface area contributed by atoms with Gasteiger partial charge in [0.2, 0.25) is 0 Å². The van der Waals surface area contributed by atoms with E-state index in [4.69, 9.17) is 9.37 Å². The van der Waals surface area contributed by atoms with Gasteiger partial charge in [0, 0.05) is 18.5 Å². The first-order chi connectivity index (χ1) is 13.2. The standard InChI is InChI=1S/C20H24N4O3/c1-12-17(22-27-21-12)20(25)24-11-16(14-4-3-5-15(10-14)26-2)19-18(24)13-6-8-23(19)9-7-13/h3-5,10,13,16,18-19H,6-9,11H2,1-2H3. The van der Waals surface area contributed by atoms with Crippen LogP contribution in [-0.4, -0.2) is 64.8 Å². The van der Waals surface area contributed by atoms with E-state index in [-0.39, 0.29) is 17.9 Å². The fraction of sp³-hybridized carbons (Fsp3) is 0.550. The highest BCUT2D eigenvalue weighted by Crippen LogP contribution is 2.47. The van der Waals surface area contributed by atoms with Crippen molar-refractivity contribution in [2.45, 2.75) is 37.8 Å². The van der Waals surface area contributed by atoms with Crippen LogP contribution in [0.25, 0.3) is 0 Å². The highest BCUT2D eigenvalue weighted by Gasteiger charge is 2.55. The number of aromatic nitrogens is 2. The smallest absolute Gasteiger partial charge is 0.278 e. The molecule has 2 aromatic rings. The molecule has 1 aromatic carbocycles. The zero-order valence-electron chi connectivity index (χ0n) is 15.7. The van der Waals surface area contributed by atoms with Crippen molar-refractivity contribution in [1.82, 2.24) is 20.1 Å². The first-order valence-corrected chi connectivity index (χ1v) is 9.65. The molecule has 3 atom stereocenters. The normalized spacial score (nSPS) is 31.8. The molecule has 5 heterocycles. The van der Waals surface area contributed by atoms with Crippen LogP contribution in [0.5, 0.6) is 5.75 Å². The van der Waals surface area contributed by atoms with E-state index in [0.29, 0.717) is 29.9 Å². The number of fused-ring (bicyclic) bond motifs is 2. The lowest BCUT2D eigenvalue weighted by molar-refractivity contribution is -0.00372. The summed E-state index contributed by atoms with van der Waals surface area (Å²) in [5, 5.41) is 7.67. The zero-order valence-corrected chi connectivity index (χ0v) is 15.7. The number of hydrogen-bond donors (Lipinski definition) is 0. The summed E-state index contributed by atoms with van der Waals surface area (Å²) in [4.78, 5) is 17.9. The van der Waals surface area contributed by atoms with Gasteiger partial charge in [-0.25, -0.2) is 4.63 Å². The summed E-state index contributed by atoms with van der Waals surface area (Å²) in [5.41, 5.74) is 2.14. The average Bonchev–Trinajstić information content (AvgIpc) is 3.33. The SMILES string of the molecule is COc1cccc(C2CN(C(=O)c3nonc3C)C3C4CCN(CC4)C23)c1. The number of hydrogen-bond acceptors (Lipinski definition) is 6. The van der Waals surface area contributed by atoms with E-state index in [1.807, 2.05) is 17.0 Å². The number of benzene rings is 1. The van der Waals surface area contributed by atoms with Crippen LogP contribution in [-0.2, 0) is 0 Å². The Morgan fingerprint density at radius 2 is 2.04 bits per heavy atom. The monoisotopic (exact) mass is 368 g/mol. The molecule has 7 heteroatoms. The second-order valence-corrected chi connectivity index (χ2v) is 7.89. The van der Waals surface area contributed by atoms with Gasteiger partial charge in [-0.3, -0.25) is 9.69 Å². The summed E-state index contributed by atoms with van der Waals surface area (Å²) in [5.74, 6) is 1.64. The lowest BCUT2D eigenvalue weighted by Gasteiger charge is -2.51. The molecule has 142 valence electrons. The summed E-state index contributed by atoms with van der Waals surface area (Å²) in [6, 6.07) is 8.86. The zero-order chi connectivity index (χ0) is 18.5. The van der Waals surface area contributed by atoms with Crippen molar-refractivity contribution in [2.24, 2.45) is 5.92 Å². The Labute approximate surface area is 158 Å². The number of ether oxygens (including phenoxy) is 1. The number of nitrogens with zero attached hydrogens (tertiary/aromatic N) is 4. The lowest BCUT2D eigenvalue weighted by atomic mass is 9.75. The highest BCUT2D eigenvalue weighted by molar-refractivity contribution is 5.93. The van der Waals surface area contributed by atoms with Gasteiger partial charge in [0.25, 0.3) is 5.91 Å². The van der Waals surface area contributed by atoms with Crippen LogP contribution >= 0.6 is 0 Å². The third-order valence-electron chi connectivity index (χ3n) is 6.63. The summed E-state index contributed by atoms with van der Waals surface area (Å²) < 4.78 is 10.2. The summed E-state index contributed by atoms with van der Waals surface area (Å²) in [7, 11) is 1.69. The van der Waals surface area contributed by atoms with E-state index in [1.54, 1.807) is 14.0 Å². The molecule has 0 aliphatic carbocycles. The number of carbonyl (C=O) groups excluding carboxylic acids is 1. The molecule has 2 bridgehead atoms. The Morgan fingerprint density at radius 3 is 2.74 bits per heavy atom. The van der Waals surface area contributed by atoms with E-state index in [0.717, 1.165) is 31.7 Å². The molecule has 4 saturated heterocycles. The number of aryl methyl sites for hydroxylation is 1. The predicted octanol–water partition coefficient (Wildman–Crippen LogP) is 2.09. The van der Waals surface area contributed by atoms with E-state index in [1.165, 1.54) is 5.56 Å². The van der Waals surface area contributed by atoms with Crippen molar-refractivity contribution in [1.29, 1.82) is 0 Å². The molecular weight excluding hydrogens is 344 g/mol. The average molecular weight is 368 g/mol. The predicted molar refractivity (Wildman–Crippen MR) is 97.7 cm³/mol. The minimum atomic E-state index is -0.0529. The molecule has 7 nitrogen and oxygen atoms in total. The molecule has 1 aromatic heterocycles. The number of rotatable bonds is 3. The maximum atomic E-state index is 13.3. The Morgan fingerprint density at radius 1 is 1.22 bits per heavy atom. The van der Waals surface area contributed by atoms with Crippen LogP contribution in [0, 0.1) is 12.8 Å². The molecule has 4 fully saturated rings. The van der Waals surface area contributed by atoms with Gasteiger partial charge in [-0.1, -0.05) is 17.3 Å². The molecule has 0 N–H and O–H groups in total. The number of likely N-dealkylation sites (tertiary alicyclic amines) is 1. The van der Waals surface area contributed by atoms with Crippen LogP contribution in [0.1, 0.15) is 40.5 Å². The second kappa shape index (κ2) is 6.34. The first-order valence-electron chi connectivity index (χ1n) is 9.65. The van der Waals surface area contributed by atoms with Gasteiger partial charge >= 0.3 is 0 Å². The van der Waals surface area contributed by atoms with E-state index in [9.17, 15) is 4.79 Å². The summed E-state index contributed by atoms with van der Waals surface area (Å²) >= 11 is 0. The Kier molecular flexibility index (Phi) is 3.93. The van der Waals surface area contributed by atoms with Crippen LogP contribution < -0.4 is 4.74 Å². The molecule has 0 spiro atoms. The largest absolute Gasteiger partial charge is 0.497 e. The molecule has 0 radical (unpaired) electrons. The second-order valence-electron chi connectivity index (χ2n) is 7.89. The summed E-state index contributed by atoms with van der Waals surface area (Å²) in [6.45, 7) is 4.71. The van der Waals surface area contributed by atoms with Crippen LogP contribution in [0.4, 0.5) is 0 Å².